The number of benzene rings is 6. The zero-order chi connectivity index (χ0) is 33.5. The molecule has 10 aromatic rings. The largest absolute Gasteiger partial charge is 0.319 e. The van der Waals surface area contributed by atoms with Gasteiger partial charge in [0.2, 0.25) is 0 Å². The molecule has 5 heterocycles. The van der Waals surface area contributed by atoms with Crippen LogP contribution in [0.4, 0.5) is 17.2 Å². The summed E-state index contributed by atoms with van der Waals surface area (Å²) in [5, 5.41) is 3.50. The molecular weight excluding hydrogens is 641 g/mol. The fourth-order valence-corrected chi connectivity index (χ4v) is 9.42. The first kappa shape index (κ1) is 28.4. The third kappa shape index (κ3) is 4.04. The highest BCUT2D eigenvalue weighted by atomic mass is 32.1. The van der Waals surface area contributed by atoms with E-state index >= 15 is 0 Å². The number of thiophene rings is 1. The van der Waals surface area contributed by atoms with Gasteiger partial charge in [0.05, 0.1) is 32.6 Å². The highest BCUT2D eigenvalue weighted by Crippen LogP contribution is 2.48. The standard InChI is InChI=1S/C44H28BN5S/c1-4-16-29(17-5-1)45-42-39(32-22-10-13-25-35(32)48(42)30-18-6-2-7-19-30)50(44-41-38(46-28-47-44)34-24-12-15-27-37(34)51-41)40-33-23-11-14-26-36(33)49(43(40)45)31-20-8-3-9-21-31/h1-28H. The molecular formula is C44H28BN5S. The van der Waals surface area contributed by atoms with Crippen LogP contribution in [0.25, 0.3) is 53.5 Å². The van der Waals surface area contributed by atoms with E-state index in [9.17, 15) is 0 Å². The predicted octanol–water partition coefficient (Wildman–Crippen LogP) is 9.03. The number of rotatable bonds is 4. The first-order chi connectivity index (χ1) is 25.4. The molecule has 1 aliphatic rings. The van der Waals surface area contributed by atoms with Gasteiger partial charge >= 0.3 is 0 Å². The van der Waals surface area contributed by atoms with Crippen LogP contribution in [0.2, 0.25) is 0 Å². The molecule has 0 aliphatic carbocycles. The Bertz CT molecular complexity index is 2800. The number of hydrogen-bond acceptors (Lipinski definition) is 4. The van der Waals surface area contributed by atoms with Gasteiger partial charge in [0.1, 0.15) is 6.33 Å². The Morgan fingerprint density at radius 3 is 1.55 bits per heavy atom. The van der Waals surface area contributed by atoms with E-state index in [0.29, 0.717) is 0 Å². The Kier molecular flexibility index (Phi) is 6.15. The van der Waals surface area contributed by atoms with Gasteiger partial charge in [-0.2, -0.15) is 0 Å². The van der Waals surface area contributed by atoms with E-state index in [2.05, 4.69) is 178 Å². The predicted molar refractivity (Wildman–Crippen MR) is 214 cm³/mol. The minimum Gasteiger partial charge on any atom is -0.319 e. The minimum atomic E-state index is -0.118. The summed E-state index contributed by atoms with van der Waals surface area (Å²) >= 11 is 1.77. The van der Waals surface area contributed by atoms with Crippen molar-refractivity contribution in [3.05, 3.63) is 170 Å². The molecule has 0 fully saturated rings. The van der Waals surface area contributed by atoms with Gasteiger partial charge in [0.15, 0.2) is 5.82 Å². The Hall–Kier alpha value is -6.44. The van der Waals surface area contributed by atoms with Crippen LogP contribution in [0, 0.1) is 0 Å². The fraction of sp³-hybridized carbons (Fsp3) is 0. The van der Waals surface area contributed by atoms with Gasteiger partial charge in [-0.05, 0) is 42.5 Å². The summed E-state index contributed by atoms with van der Waals surface area (Å²) in [6, 6.07) is 58.8. The van der Waals surface area contributed by atoms with E-state index in [1.807, 2.05) is 0 Å². The maximum atomic E-state index is 5.21. The number of aromatic nitrogens is 4. The van der Waals surface area contributed by atoms with Crippen LogP contribution in [0.15, 0.2) is 170 Å². The summed E-state index contributed by atoms with van der Waals surface area (Å²) in [4.78, 5) is 12.6. The second-order valence-electron chi connectivity index (χ2n) is 13.0. The van der Waals surface area contributed by atoms with Crippen molar-refractivity contribution >= 4 is 94.0 Å². The molecule has 0 atom stereocenters. The van der Waals surface area contributed by atoms with E-state index < -0.39 is 0 Å². The molecule has 0 saturated heterocycles. The fourth-order valence-electron chi connectivity index (χ4n) is 8.28. The van der Waals surface area contributed by atoms with Crippen molar-refractivity contribution in [3.8, 4) is 11.4 Å². The van der Waals surface area contributed by atoms with Gasteiger partial charge in [0.25, 0.3) is 6.71 Å². The Labute approximate surface area is 298 Å². The molecule has 0 bridgehead atoms. The molecule has 238 valence electrons. The average molecular weight is 670 g/mol. The van der Waals surface area contributed by atoms with Crippen LogP contribution in [0.1, 0.15) is 0 Å². The van der Waals surface area contributed by atoms with Gasteiger partial charge in [-0.1, -0.05) is 127 Å². The number of anilines is 3. The molecule has 4 aromatic heterocycles. The summed E-state index contributed by atoms with van der Waals surface area (Å²) in [6.07, 6.45) is 1.74. The normalized spacial score (nSPS) is 12.6. The number of para-hydroxylation sites is 4. The van der Waals surface area contributed by atoms with Crippen molar-refractivity contribution < 1.29 is 0 Å². The lowest BCUT2D eigenvalue weighted by Crippen LogP contribution is -2.60. The Balaban J connectivity index is 1.39. The Morgan fingerprint density at radius 2 is 0.961 bits per heavy atom. The quantitative estimate of drug-likeness (QED) is 0.176. The van der Waals surface area contributed by atoms with Gasteiger partial charge in [-0.25, -0.2) is 9.97 Å². The van der Waals surface area contributed by atoms with Crippen molar-refractivity contribution in [2.75, 3.05) is 4.90 Å². The molecule has 11 rings (SSSR count). The van der Waals surface area contributed by atoms with E-state index in [0.717, 1.165) is 55.2 Å². The monoisotopic (exact) mass is 669 g/mol. The maximum Gasteiger partial charge on any atom is 0.289 e. The zero-order valence-electron chi connectivity index (χ0n) is 27.4. The number of nitrogens with zero attached hydrogens (tertiary/aromatic N) is 5. The Morgan fingerprint density at radius 1 is 0.471 bits per heavy atom. The third-order valence-corrected chi connectivity index (χ3v) is 11.4. The molecule has 0 unspecified atom stereocenters. The molecule has 0 saturated carbocycles. The summed E-state index contributed by atoms with van der Waals surface area (Å²) < 4.78 is 7.23. The lowest BCUT2D eigenvalue weighted by Gasteiger charge is -2.35. The number of fused-ring (bicyclic) bond motifs is 9. The van der Waals surface area contributed by atoms with E-state index in [-0.39, 0.29) is 6.71 Å². The highest BCUT2D eigenvalue weighted by Gasteiger charge is 2.45. The molecule has 0 spiro atoms. The SMILES string of the molecule is c1ccc(B2c3c(c4ccccc4n3-c3ccccc3)N(c3ncnc4c3sc3ccccc34)c3c2n(-c2ccccc2)c2ccccc32)cc1. The van der Waals surface area contributed by atoms with Gasteiger partial charge in [-0.3, -0.25) is 4.90 Å². The minimum absolute atomic E-state index is 0.118. The topological polar surface area (TPSA) is 38.9 Å². The summed E-state index contributed by atoms with van der Waals surface area (Å²) in [5.41, 5.74) is 11.5. The van der Waals surface area contributed by atoms with Crippen molar-refractivity contribution in [1.82, 2.24) is 19.1 Å². The van der Waals surface area contributed by atoms with E-state index in [1.54, 1.807) is 17.7 Å². The smallest absolute Gasteiger partial charge is 0.289 e. The molecule has 6 aromatic carbocycles. The first-order valence-corrected chi connectivity index (χ1v) is 18.0. The zero-order valence-corrected chi connectivity index (χ0v) is 28.2. The van der Waals surface area contributed by atoms with E-state index in [4.69, 9.17) is 9.97 Å². The van der Waals surface area contributed by atoms with Crippen molar-refractivity contribution in [2.45, 2.75) is 0 Å². The van der Waals surface area contributed by atoms with Gasteiger partial charge in [0, 0.05) is 43.4 Å². The van der Waals surface area contributed by atoms with Crippen LogP contribution >= 0.6 is 11.3 Å². The van der Waals surface area contributed by atoms with Crippen molar-refractivity contribution in [2.24, 2.45) is 0 Å². The lowest BCUT2D eigenvalue weighted by atomic mass is 9.38. The molecule has 7 heteroatoms. The average Bonchev–Trinajstić information content (AvgIpc) is 3.86. The highest BCUT2D eigenvalue weighted by molar-refractivity contribution is 7.26. The van der Waals surface area contributed by atoms with Crippen molar-refractivity contribution in [1.29, 1.82) is 0 Å². The van der Waals surface area contributed by atoms with Gasteiger partial charge in [-0.15, -0.1) is 11.3 Å². The van der Waals surface area contributed by atoms with Gasteiger partial charge < -0.3 is 9.13 Å². The van der Waals surface area contributed by atoms with Crippen LogP contribution in [0.3, 0.4) is 0 Å². The number of hydrogen-bond donors (Lipinski definition) is 0. The molecule has 0 amide bonds. The third-order valence-electron chi connectivity index (χ3n) is 10.3. The first-order valence-electron chi connectivity index (χ1n) is 17.2. The van der Waals surface area contributed by atoms with Crippen LogP contribution in [0.5, 0.6) is 0 Å². The molecule has 0 radical (unpaired) electrons. The lowest BCUT2D eigenvalue weighted by molar-refractivity contribution is 1.12. The summed E-state index contributed by atoms with van der Waals surface area (Å²) in [5.74, 6) is 0.891. The van der Waals surface area contributed by atoms with E-state index in [1.165, 1.54) is 32.1 Å². The molecule has 1 aliphatic heterocycles. The maximum absolute atomic E-state index is 5.21. The second-order valence-corrected chi connectivity index (χ2v) is 14.0. The summed E-state index contributed by atoms with van der Waals surface area (Å²) in [6.45, 7) is -0.118. The molecule has 0 N–H and O–H groups in total. The van der Waals surface area contributed by atoms with Crippen LogP contribution in [-0.4, -0.2) is 25.8 Å². The molecule has 5 nitrogen and oxygen atoms in total. The summed E-state index contributed by atoms with van der Waals surface area (Å²) in [7, 11) is 0. The van der Waals surface area contributed by atoms with Crippen molar-refractivity contribution in [3.63, 3.8) is 0 Å². The second kappa shape index (κ2) is 11.0. The van der Waals surface area contributed by atoms with Crippen LogP contribution < -0.4 is 21.5 Å². The molecule has 51 heavy (non-hydrogen) atoms. The van der Waals surface area contributed by atoms with Crippen LogP contribution in [-0.2, 0) is 0 Å².